The number of carbonyl (C=O) groups is 1. The molecule has 0 aliphatic carbocycles. The van der Waals surface area contributed by atoms with Crippen molar-refractivity contribution < 1.29 is 19.4 Å². The first-order valence-electron chi connectivity index (χ1n) is 12.1. The predicted molar refractivity (Wildman–Crippen MR) is 148 cm³/mol. The number of nitro benzene ring substituents is 2. The van der Waals surface area contributed by atoms with Crippen molar-refractivity contribution in [1.82, 2.24) is 0 Å². The number of methoxy groups -OCH3 is 1. The predicted octanol–water partition coefficient (Wildman–Crippen LogP) is 6.24. The van der Waals surface area contributed by atoms with Crippen molar-refractivity contribution in [1.29, 1.82) is 0 Å². The molecule has 0 bridgehead atoms. The molecular formula is C26H37ClN4O6. The maximum Gasteiger partial charge on any atom is 0.302 e. The summed E-state index contributed by atoms with van der Waals surface area (Å²) in [6.07, 6.45) is 1.47. The molecule has 0 radical (unpaired) electrons. The highest BCUT2D eigenvalue weighted by Crippen LogP contribution is 2.39. The number of hydrogen-bond acceptors (Lipinski definition) is 7. The second-order valence-electron chi connectivity index (χ2n) is 8.65. The van der Waals surface area contributed by atoms with Gasteiger partial charge in [0.05, 0.1) is 16.5 Å². The van der Waals surface area contributed by atoms with E-state index in [0.717, 1.165) is 29.7 Å². The van der Waals surface area contributed by atoms with Gasteiger partial charge < -0.3 is 15.0 Å². The molecule has 0 saturated carbocycles. The van der Waals surface area contributed by atoms with Crippen LogP contribution < -0.4 is 10.2 Å². The zero-order chi connectivity index (χ0) is 28.3. The molecule has 0 unspecified atom stereocenters. The van der Waals surface area contributed by atoms with Gasteiger partial charge in [-0.2, -0.15) is 0 Å². The van der Waals surface area contributed by atoms with E-state index in [4.69, 9.17) is 16.3 Å². The number of ether oxygens (including phenoxy) is 1. The average Bonchev–Trinajstić information content (AvgIpc) is 2.85. The Kier molecular flexibility index (Phi) is 13.0. The van der Waals surface area contributed by atoms with Crippen LogP contribution in [0, 0.1) is 47.9 Å². The van der Waals surface area contributed by atoms with E-state index in [1.54, 1.807) is 25.9 Å². The van der Waals surface area contributed by atoms with Crippen molar-refractivity contribution >= 4 is 40.3 Å². The molecule has 0 heterocycles. The van der Waals surface area contributed by atoms with Crippen LogP contribution in [0.25, 0.3) is 0 Å². The van der Waals surface area contributed by atoms with Crippen LogP contribution >= 0.6 is 11.6 Å². The fourth-order valence-electron chi connectivity index (χ4n) is 3.94. The first-order chi connectivity index (χ1) is 17.4. The SMILES string of the molecule is CCC(CC)Nc1c([N+](=O)[O-])cc(C)c(C)c1[N+](=O)[O-].COCCN(C(=O)CCl)c1c(C)cccc1C. The summed E-state index contributed by atoms with van der Waals surface area (Å²) >= 11 is 5.65. The summed E-state index contributed by atoms with van der Waals surface area (Å²) in [6.45, 7) is 12.1. The van der Waals surface area contributed by atoms with Crippen LogP contribution in [0.15, 0.2) is 24.3 Å². The van der Waals surface area contributed by atoms with Crippen LogP contribution in [-0.4, -0.2) is 47.9 Å². The van der Waals surface area contributed by atoms with Crippen LogP contribution in [-0.2, 0) is 9.53 Å². The van der Waals surface area contributed by atoms with E-state index in [9.17, 15) is 25.0 Å². The molecule has 2 aromatic carbocycles. The van der Waals surface area contributed by atoms with Crippen LogP contribution in [0.5, 0.6) is 0 Å². The van der Waals surface area contributed by atoms with Crippen molar-refractivity contribution in [2.75, 3.05) is 36.4 Å². The molecule has 37 heavy (non-hydrogen) atoms. The summed E-state index contributed by atoms with van der Waals surface area (Å²) in [6, 6.07) is 7.31. The molecule has 0 aliphatic rings. The van der Waals surface area contributed by atoms with Crippen LogP contribution in [0.3, 0.4) is 0 Å². The molecule has 0 fully saturated rings. The molecule has 11 heteroatoms. The molecule has 1 N–H and O–H groups in total. The molecule has 204 valence electrons. The van der Waals surface area contributed by atoms with E-state index < -0.39 is 9.85 Å². The Labute approximate surface area is 223 Å². The zero-order valence-corrected chi connectivity index (χ0v) is 23.3. The Morgan fingerprint density at radius 3 is 2.05 bits per heavy atom. The Morgan fingerprint density at radius 2 is 1.62 bits per heavy atom. The highest BCUT2D eigenvalue weighted by atomic mass is 35.5. The summed E-state index contributed by atoms with van der Waals surface area (Å²) < 4.78 is 5.03. The largest absolute Gasteiger partial charge is 0.383 e. The number of benzene rings is 2. The minimum Gasteiger partial charge on any atom is -0.383 e. The van der Waals surface area contributed by atoms with E-state index in [1.807, 2.05) is 45.9 Å². The lowest BCUT2D eigenvalue weighted by atomic mass is 10.0. The third kappa shape index (κ3) is 8.40. The fraction of sp³-hybridized carbons (Fsp3) is 0.500. The number of carbonyl (C=O) groups excluding carboxylic acids is 1. The van der Waals surface area contributed by atoms with Gasteiger partial charge in [0, 0.05) is 37.0 Å². The standard InChI is InChI=1S/C13H18ClNO2.C13H19N3O4/c1-10-5-4-6-11(2)13(10)15(7-8-17-3)12(16)9-14;1-5-10(6-2)14-12-11(15(17)18)7-8(3)9(4)13(12)16(19)20/h4-6H,7-9H2,1-3H3;7,10,14H,5-6H2,1-4H3. The summed E-state index contributed by atoms with van der Waals surface area (Å²) in [5.41, 5.74) is 3.63. The van der Waals surface area contributed by atoms with E-state index >= 15 is 0 Å². The second-order valence-corrected chi connectivity index (χ2v) is 8.91. The monoisotopic (exact) mass is 536 g/mol. The Morgan fingerprint density at radius 1 is 1.05 bits per heavy atom. The quantitative estimate of drug-likeness (QED) is 0.204. The van der Waals surface area contributed by atoms with Gasteiger partial charge in [-0.25, -0.2) is 0 Å². The minimum atomic E-state index is -0.579. The molecule has 10 nitrogen and oxygen atoms in total. The Hall–Kier alpha value is -3.24. The first kappa shape index (κ1) is 31.8. The fourth-order valence-corrected chi connectivity index (χ4v) is 4.08. The van der Waals surface area contributed by atoms with Crippen LogP contribution in [0.1, 0.15) is 48.9 Å². The van der Waals surface area contributed by atoms with E-state index in [2.05, 4.69) is 5.32 Å². The summed E-state index contributed by atoms with van der Waals surface area (Å²) in [4.78, 5) is 34.9. The Bertz CT molecular complexity index is 1080. The number of aryl methyl sites for hydroxylation is 3. The van der Waals surface area contributed by atoms with Gasteiger partial charge in [-0.3, -0.25) is 25.0 Å². The lowest BCUT2D eigenvalue weighted by Gasteiger charge is -2.25. The van der Waals surface area contributed by atoms with Gasteiger partial charge >= 0.3 is 5.69 Å². The third-order valence-electron chi connectivity index (χ3n) is 6.15. The van der Waals surface area contributed by atoms with Gasteiger partial charge in [0.2, 0.25) is 5.91 Å². The van der Waals surface area contributed by atoms with Gasteiger partial charge in [0.1, 0.15) is 5.88 Å². The summed E-state index contributed by atoms with van der Waals surface area (Å²) in [5.74, 6) is -0.113. The van der Waals surface area contributed by atoms with Crippen molar-refractivity contribution in [3.63, 3.8) is 0 Å². The normalized spacial score (nSPS) is 10.5. The van der Waals surface area contributed by atoms with Crippen molar-refractivity contribution in [2.24, 2.45) is 0 Å². The van der Waals surface area contributed by atoms with Gasteiger partial charge in [-0.1, -0.05) is 32.0 Å². The number of alkyl halides is 1. The number of anilines is 2. The number of rotatable bonds is 11. The molecule has 2 rings (SSSR count). The highest BCUT2D eigenvalue weighted by molar-refractivity contribution is 6.29. The number of amides is 1. The number of hydrogen-bond donors (Lipinski definition) is 1. The van der Waals surface area contributed by atoms with Gasteiger partial charge in [0.25, 0.3) is 5.69 Å². The average molecular weight is 537 g/mol. The number of para-hydroxylation sites is 1. The maximum atomic E-state index is 11.9. The first-order valence-corrected chi connectivity index (χ1v) is 12.6. The molecule has 2 aromatic rings. The van der Waals surface area contributed by atoms with E-state index in [1.165, 1.54) is 6.07 Å². The van der Waals surface area contributed by atoms with Crippen molar-refractivity contribution in [3.05, 3.63) is 66.7 Å². The van der Waals surface area contributed by atoms with Gasteiger partial charge in [0.15, 0.2) is 5.69 Å². The van der Waals surface area contributed by atoms with Crippen LogP contribution in [0.2, 0.25) is 0 Å². The van der Waals surface area contributed by atoms with Crippen molar-refractivity contribution in [3.8, 4) is 0 Å². The number of nitrogens with one attached hydrogen (secondary N) is 1. The molecule has 0 atom stereocenters. The van der Waals surface area contributed by atoms with Crippen molar-refractivity contribution in [2.45, 2.75) is 60.4 Å². The summed E-state index contributed by atoms with van der Waals surface area (Å²) in [5, 5.41) is 25.4. The summed E-state index contributed by atoms with van der Waals surface area (Å²) in [7, 11) is 1.62. The van der Waals surface area contributed by atoms with Gasteiger partial charge in [-0.15, -0.1) is 11.6 Å². The van der Waals surface area contributed by atoms with Crippen LogP contribution in [0.4, 0.5) is 22.7 Å². The Balaban J connectivity index is 0.000000375. The molecule has 1 amide bonds. The number of halogens is 1. The molecule has 0 aromatic heterocycles. The van der Waals surface area contributed by atoms with Gasteiger partial charge in [-0.05, 0) is 57.2 Å². The lowest BCUT2D eigenvalue weighted by Crippen LogP contribution is -2.35. The molecule has 0 spiro atoms. The highest BCUT2D eigenvalue weighted by Gasteiger charge is 2.30. The third-order valence-corrected chi connectivity index (χ3v) is 6.38. The molecule has 0 saturated heterocycles. The topological polar surface area (TPSA) is 128 Å². The number of nitro groups is 2. The minimum absolute atomic E-state index is 0.0109. The molecule has 0 aliphatic heterocycles. The lowest BCUT2D eigenvalue weighted by molar-refractivity contribution is -0.392. The maximum absolute atomic E-state index is 11.9. The van der Waals surface area contributed by atoms with E-state index in [-0.39, 0.29) is 34.9 Å². The van der Waals surface area contributed by atoms with E-state index in [0.29, 0.717) is 24.3 Å². The second kappa shape index (κ2) is 15.1. The number of nitrogens with zero attached hydrogens (tertiary/aromatic N) is 3. The molecular weight excluding hydrogens is 500 g/mol. The smallest absolute Gasteiger partial charge is 0.302 e. The zero-order valence-electron chi connectivity index (χ0n) is 22.6.